The number of rotatable bonds is 6. The van der Waals surface area contributed by atoms with E-state index >= 15 is 0 Å². The van der Waals surface area contributed by atoms with Gasteiger partial charge in [-0.1, -0.05) is 114 Å². The molecule has 0 amide bonds. The molecule has 0 N–H and O–H groups in total. The molecule has 0 spiro atoms. The van der Waals surface area contributed by atoms with Crippen molar-refractivity contribution in [3.05, 3.63) is 138 Å². The van der Waals surface area contributed by atoms with Crippen LogP contribution in [0.4, 0.5) is 0 Å². The molecule has 2 aromatic heterocycles. The van der Waals surface area contributed by atoms with E-state index in [1.54, 1.807) is 6.08 Å². The van der Waals surface area contributed by atoms with E-state index in [-0.39, 0.29) is 10.8 Å². The number of nitrogens with zero attached hydrogens (tertiary/aromatic N) is 2. The Balaban J connectivity index is 1.39. The molecular weight excluding hydrogens is 593 g/mol. The predicted molar refractivity (Wildman–Crippen MR) is 212 cm³/mol. The van der Waals surface area contributed by atoms with Gasteiger partial charge in [0.25, 0.3) is 0 Å². The SMILES string of the molecule is C#CC=Cc1c(C)n(-c2cccc(-c3cccc(-n4c5cc(CC(C)(C)C)ccc5c5ccc(CC(C)(C)C)cc54)c3)c2)c2ccccc12. The summed E-state index contributed by atoms with van der Waals surface area (Å²) in [6, 6.07) is 40.6. The monoisotopic (exact) mass is 638 g/mol. The lowest BCUT2D eigenvalue weighted by molar-refractivity contribution is 0.411. The molecule has 0 radical (unpaired) electrons. The average molecular weight is 639 g/mol. The van der Waals surface area contributed by atoms with Crippen LogP contribution in [0.2, 0.25) is 0 Å². The van der Waals surface area contributed by atoms with E-state index in [1.807, 2.05) is 6.08 Å². The Hall–Kier alpha value is -5.26. The molecule has 0 atom stereocenters. The van der Waals surface area contributed by atoms with Gasteiger partial charge in [-0.15, -0.1) is 6.42 Å². The first-order valence-corrected chi connectivity index (χ1v) is 17.4. The Morgan fingerprint density at radius 2 is 1.10 bits per heavy atom. The highest BCUT2D eigenvalue weighted by molar-refractivity contribution is 6.09. The molecule has 0 bridgehead atoms. The highest BCUT2D eigenvalue weighted by Gasteiger charge is 2.19. The molecule has 2 nitrogen and oxygen atoms in total. The zero-order valence-corrected chi connectivity index (χ0v) is 29.9. The van der Waals surface area contributed by atoms with Crippen LogP contribution in [0.15, 0.2) is 115 Å². The fourth-order valence-electron chi connectivity index (χ4n) is 7.55. The lowest BCUT2D eigenvalue weighted by Crippen LogP contribution is -2.09. The molecule has 2 heteroatoms. The second-order valence-electron chi connectivity index (χ2n) is 16.0. The zero-order valence-electron chi connectivity index (χ0n) is 29.9. The van der Waals surface area contributed by atoms with Gasteiger partial charge in [-0.2, -0.15) is 0 Å². The summed E-state index contributed by atoms with van der Waals surface area (Å²) in [6.07, 6.45) is 11.5. The second-order valence-corrected chi connectivity index (χ2v) is 16.0. The molecule has 49 heavy (non-hydrogen) atoms. The number of fused-ring (bicyclic) bond motifs is 4. The minimum atomic E-state index is 0.205. The van der Waals surface area contributed by atoms with Crippen molar-refractivity contribution in [3.63, 3.8) is 0 Å². The van der Waals surface area contributed by atoms with E-state index in [0.29, 0.717) is 0 Å². The van der Waals surface area contributed by atoms with E-state index < -0.39 is 0 Å². The van der Waals surface area contributed by atoms with Gasteiger partial charge in [-0.25, -0.2) is 0 Å². The Morgan fingerprint density at radius 1 is 0.571 bits per heavy atom. The molecule has 0 unspecified atom stereocenters. The third kappa shape index (κ3) is 6.34. The lowest BCUT2D eigenvalue weighted by Gasteiger charge is -2.19. The van der Waals surface area contributed by atoms with Crippen LogP contribution in [0.3, 0.4) is 0 Å². The Bertz CT molecular complexity index is 2350. The summed E-state index contributed by atoms with van der Waals surface area (Å²) < 4.78 is 4.84. The van der Waals surface area contributed by atoms with E-state index in [2.05, 4.69) is 173 Å². The Morgan fingerprint density at radius 3 is 1.63 bits per heavy atom. The molecular formula is C47H46N2. The summed E-state index contributed by atoms with van der Waals surface area (Å²) in [6.45, 7) is 16.1. The highest BCUT2D eigenvalue weighted by Crippen LogP contribution is 2.37. The van der Waals surface area contributed by atoms with Crippen LogP contribution in [0.25, 0.3) is 61.3 Å². The Labute approximate surface area is 291 Å². The van der Waals surface area contributed by atoms with Crippen LogP contribution in [0.5, 0.6) is 0 Å². The van der Waals surface area contributed by atoms with Crippen LogP contribution < -0.4 is 0 Å². The van der Waals surface area contributed by atoms with Crippen LogP contribution in [-0.2, 0) is 12.8 Å². The van der Waals surface area contributed by atoms with E-state index in [1.165, 1.54) is 66.3 Å². The zero-order chi connectivity index (χ0) is 34.5. The first-order chi connectivity index (χ1) is 23.4. The third-order valence-electron chi connectivity index (χ3n) is 9.41. The van der Waals surface area contributed by atoms with Crippen molar-refractivity contribution < 1.29 is 0 Å². The maximum Gasteiger partial charge on any atom is 0.0543 e. The van der Waals surface area contributed by atoms with Gasteiger partial charge in [0.2, 0.25) is 0 Å². The fourth-order valence-corrected chi connectivity index (χ4v) is 7.55. The summed E-state index contributed by atoms with van der Waals surface area (Å²) in [5.41, 5.74) is 13.8. The molecule has 7 aromatic rings. The molecule has 7 rings (SSSR count). The van der Waals surface area contributed by atoms with Crippen LogP contribution in [0.1, 0.15) is 63.9 Å². The van der Waals surface area contributed by atoms with Gasteiger partial charge >= 0.3 is 0 Å². The van der Waals surface area contributed by atoms with Gasteiger partial charge in [0.1, 0.15) is 0 Å². The molecule has 5 aromatic carbocycles. The molecule has 0 saturated carbocycles. The lowest BCUT2D eigenvalue weighted by atomic mass is 9.87. The molecule has 244 valence electrons. The van der Waals surface area contributed by atoms with Gasteiger partial charge in [-0.05, 0) is 107 Å². The van der Waals surface area contributed by atoms with Crippen molar-refractivity contribution in [1.29, 1.82) is 0 Å². The number of aromatic nitrogens is 2. The minimum Gasteiger partial charge on any atom is -0.313 e. The minimum absolute atomic E-state index is 0.205. The topological polar surface area (TPSA) is 9.86 Å². The average Bonchev–Trinajstić information content (AvgIpc) is 3.52. The summed E-state index contributed by atoms with van der Waals surface area (Å²) >= 11 is 0. The van der Waals surface area contributed by atoms with Crippen molar-refractivity contribution in [2.45, 2.75) is 61.3 Å². The Kier molecular flexibility index (Phi) is 8.12. The van der Waals surface area contributed by atoms with Gasteiger partial charge in [0.05, 0.1) is 16.6 Å². The van der Waals surface area contributed by atoms with Crippen molar-refractivity contribution >= 4 is 38.8 Å². The van der Waals surface area contributed by atoms with Gasteiger partial charge < -0.3 is 9.13 Å². The number of hydrogen-bond donors (Lipinski definition) is 0. The molecule has 0 saturated heterocycles. The highest BCUT2D eigenvalue weighted by atomic mass is 15.0. The summed E-state index contributed by atoms with van der Waals surface area (Å²) in [4.78, 5) is 0. The largest absolute Gasteiger partial charge is 0.313 e. The molecule has 0 aliphatic carbocycles. The van der Waals surface area contributed by atoms with Crippen LogP contribution in [-0.4, -0.2) is 9.13 Å². The quantitative estimate of drug-likeness (QED) is 0.160. The summed E-state index contributed by atoms with van der Waals surface area (Å²) in [5, 5.41) is 3.79. The maximum atomic E-state index is 5.60. The standard InChI is InChI=1S/C47H46N2/c1-9-10-19-39-32(2)48(43-21-12-11-20-40(39)43)37-17-13-15-35(28-37)36-16-14-18-38(29-36)49-44-26-33(30-46(3,4)5)22-24-41(44)42-25-23-34(27-45(42)49)31-47(6,7)8/h1,10-29H,30-31H2,2-8H3. The van der Waals surface area contributed by atoms with E-state index in [9.17, 15) is 0 Å². The summed E-state index contributed by atoms with van der Waals surface area (Å²) in [5.74, 6) is 2.66. The number of terminal acetylenes is 1. The molecule has 2 heterocycles. The van der Waals surface area contributed by atoms with Gasteiger partial charge in [-0.3, -0.25) is 0 Å². The number of hydrogen-bond acceptors (Lipinski definition) is 0. The van der Waals surface area contributed by atoms with E-state index in [4.69, 9.17) is 6.42 Å². The van der Waals surface area contributed by atoms with E-state index in [0.717, 1.165) is 24.1 Å². The van der Waals surface area contributed by atoms with Crippen LogP contribution >= 0.6 is 0 Å². The van der Waals surface area contributed by atoms with Gasteiger partial charge in [0, 0.05) is 38.8 Å². The van der Waals surface area contributed by atoms with Crippen molar-refractivity contribution in [2.75, 3.05) is 0 Å². The normalized spacial score (nSPS) is 12.4. The number of para-hydroxylation sites is 1. The molecule has 0 aliphatic rings. The van der Waals surface area contributed by atoms with Crippen molar-refractivity contribution in [3.8, 4) is 34.8 Å². The molecule has 0 aliphatic heterocycles. The predicted octanol–water partition coefficient (Wildman–Crippen LogP) is 12.5. The molecule has 0 fully saturated rings. The van der Waals surface area contributed by atoms with Crippen molar-refractivity contribution in [2.24, 2.45) is 10.8 Å². The first-order valence-electron chi connectivity index (χ1n) is 17.4. The second kappa shape index (κ2) is 12.3. The summed E-state index contributed by atoms with van der Waals surface area (Å²) in [7, 11) is 0. The van der Waals surface area contributed by atoms with Gasteiger partial charge in [0.15, 0.2) is 0 Å². The number of allylic oxidation sites excluding steroid dienone is 1. The fraction of sp³-hybridized carbons (Fsp3) is 0.234. The number of benzene rings is 5. The van der Waals surface area contributed by atoms with Crippen LogP contribution in [0, 0.1) is 30.1 Å². The smallest absolute Gasteiger partial charge is 0.0543 e. The maximum absolute atomic E-state index is 5.60. The first kappa shape index (κ1) is 32.3. The van der Waals surface area contributed by atoms with Crippen molar-refractivity contribution in [1.82, 2.24) is 9.13 Å². The third-order valence-corrected chi connectivity index (χ3v) is 9.41.